The Labute approximate surface area is 158 Å². The number of hydrogen-bond donors (Lipinski definition) is 2. The summed E-state index contributed by atoms with van der Waals surface area (Å²) in [5.41, 5.74) is 0.670. The number of hydrogen-bond acceptors (Lipinski definition) is 5. The van der Waals surface area contributed by atoms with Crippen molar-refractivity contribution in [3.8, 4) is 0 Å². The van der Waals surface area contributed by atoms with Gasteiger partial charge in [-0.2, -0.15) is 5.10 Å². The van der Waals surface area contributed by atoms with E-state index in [0.717, 1.165) is 36.0 Å². The number of fused-ring (bicyclic) bond motifs is 1. The molecule has 0 radical (unpaired) electrons. The first-order chi connectivity index (χ1) is 12.9. The lowest BCUT2D eigenvalue weighted by atomic mass is 10.2. The number of amides is 1. The van der Waals surface area contributed by atoms with E-state index in [4.69, 9.17) is 0 Å². The van der Waals surface area contributed by atoms with Gasteiger partial charge in [0.25, 0.3) is 5.91 Å². The van der Waals surface area contributed by atoms with Gasteiger partial charge in [0, 0.05) is 50.7 Å². The van der Waals surface area contributed by atoms with Crippen molar-refractivity contribution in [1.29, 1.82) is 0 Å². The highest BCUT2D eigenvalue weighted by molar-refractivity contribution is 7.18. The molecule has 142 valence electrons. The Morgan fingerprint density at radius 3 is 2.93 bits per heavy atom. The maximum absolute atomic E-state index is 14.4. The summed E-state index contributed by atoms with van der Waals surface area (Å²) in [7, 11) is 1.69. The lowest BCUT2D eigenvalue weighted by Crippen LogP contribution is -2.49. The molecule has 1 aliphatic rings. The summed E-state index contributed by atoms with van der Waals surface area (Å²) in [6, 6.07) is 4.47. The van der Waals surface area contributed by atoms with E-state index in [9.17, 15) is 13.6 Å². The van der Waals surface area contributed by atoms with Gasteiger partial charge in [-0.1, -0.05) is 0 Å². The van der Waals surface area contributed by atoms with Crippen molar-refractivity contribution in [3.05, 3.63) is 40.9 Å². The van der Waals surface area contributed by atoms with Crippen LogP contribution in [0.3, 0.4) is 0 Å². The molecular formula is C18H19F2N5OS. The molecule has 1 fully saturated rings. The number of halogens is 2. The summed E-state index contributed by atoms with van der Waals surface area (Å²) >= 11 is 1.10. The number of carbonyl (C=O) groups excluding carboxylic acids is 1. The molecule has 9 heteroatoms. The second-order valence-electron chi connectivity index (χ2n) is 6.71. The van der Waals surface area contributed by atoms with Crippen LogP contribution < -0.4 is 15.5 Å². The minimum atomic E-state index is -0.596. The zero-order chi connectivity index (χ0) is 19.1. The topological polar surface area (TPSA) is 62.2 Å². The van der Waals surface area contributed by atoms with Crippen molar-refractivity contribution in [2.24, 2.45) is 7.05 Å². The summed E-state index contributed by atoms with van der Waals surface area (Å²) in [6.45, 7) is 4.38. The zero-order valence-corrected chi connectivity index (χ0v) is 15.7. The van der Waals surface area contributed by atoms with Crippen LogP contribution in [0, 0.1) is 11.6 Å². The third-order valence-corrected chi connectivity index (χ3v) is 5.68. The molecule has 1 aromatic carbocycles. The third-order valence-electron chi connectivity index (χ3n) is 4.51. The number of nitrogens with zero attached hydrogens (tertiary/aromatic N) is 3. The quantitative estimate of drug-likeness (QED) is 0.721. The standard InChI is InChI=1S/C18H19F2N5OS/c1-10-8-25(4-3-21-10)16-7-14(20)17(27-16)18(26)22-11-5-13(19)12-9-24(2)23-15(12)6-11/h5-7,9-10,21H,3-4,8H2,1-2H3,(H,22,26). The van der Waals surface area contributed by atoms with Crippen LogP contribution >= 0.6 is 11.3 Å². The first-order valence-corrected chi connectivity index (χ1v) is 9.44. The summed E-state index contributed by atoms with van der Waals surface area (Å²) < 4.78 is 30.1. The van der Waals surface area contributed by atoms with Crippen LogP contribution in [0.5, 0.6) is 0 Å². The van der Waals surface area contributed by atoms with Crippen molar-refractivity contribution < 1.29 is 13.6 Å². The van der Waals surface area contributed by atoms with E-state index in [1.54, 1.807) is 19.3 Å². The molecule has 2 aromatic heterocycles. The van der Waals surface area contributed by atoms with Crippen molar-refractivity contribution in [2.45, 2.75) is 13.0 Å². The molecule has 0 bridgehead atoms. The molecule has 1 amide bonds. The number of benzene rings is 1. The Bertz CT molecular complexity index is 1010. The van der Waals surface area contributed by atoms with Crippen LogP contribution in [0.4, 0.5) is 19.5 Å². The van der Waals surface area contributed by atoms with E-state index in [1.807, 2.05) is 0 Å². The highest BCUT2D eigenvalue weighted by Gasteiger charge is 2.23. The molecule has 0 aliphatic carbocycles. The largest absolute Gasteiger partial charge is 0.361 e. The second kappa shape index (κ2) is 6.90. The number of rotatable bonds is 3. The zero-order valence-electron chi connectivity index (χ0n) is 14.9. The van der Waals surface area contributed by atoms with Gasteiger partial charge in [0.1, 0.15) is 16.5 Å². The first kappa shape index (κ1) is 17.9. The van der Waals surface area contributed by atoms with E-state index in [1.165, 1.54) is 16.8 Å². The van der Waals surface area contributed by atoms with Crippen LogP contribution in [-0.2, 0) is 7.05 Å². The van der Waals surface area contributed by atoms with Gasteiger partial charge >= 0.3 is 0 Å². The molecule has 1 unspecified atom stereocenters. The van der Waals surface area contributed by atoms with Gasteiger partial charge < -0.3 is 15.5 Å². The van der Waals surface area contributed by atoms with Crippen molar-refractivity contribution in [1.82, 2.24) is 15.1 Å². The van der Waals surface area contributed by atoms with Gasteiger partial charge in [0.15, 0.2) is 0 Å². The molecule has 0 spiro atoms. The number of aromatic nitrogens is 2. The lowest BCUT2D eigenvalue weighted by molar-refractivity contribution is 0.102. The van der Waals surface area contributed by atoms with Gasteiger partial charge in [0.2, 0.25) is 0 Å². The monoisotopic (exact) mass is 391 g/mol. The fourth-order valence-corrected chi connectivity index (χ4v) is 4.23. The minimum absolute atomic E-state index is 0.0160. The molecule has 1 aliphatic heterocycles. The minimum Gasteiger partial charge on any atom is -0.361 e. The predicted molar refractivity (Wildman–Crippen MR) is 103 cm³/mol. The molecule has 27 heavy (non-hydrogen) atoms. The molecule has 0 saturated carbocycles. The number of carbonyl (C=O) groups is 1. The fourth-order valence-electron chi connectivity index (χ4n) is 3.26. The summed E-state index contributed by atoms with van der Waals surface area (Å²) in [4.78, 5) is 14.6. The third kappa shape index (κ3) is 3.52. The number of anilines is 2. The summed E-state index contributed by atoms with van der Waals surface area (Å²) in [5, 5.41) is 11.1. The molecule has 4 rings (SSSR count). The van der Waals surface area contributed by atoms with Gasteiger partial charge in [-0.3, -0.25) is 9.48 Å². The van der Waals surface area contributed by atoms with Gasteiger partial charge in [-0.15, -0.1) is 11.3 Å². The maximum Gasteiger partial charge on any atom is 0.268 e. The number of thiophene rings is 1. The molecule has 1 atom stereocenters. The maximum atomic E-state index is 14.4. The van der Waals surface area contributed by atoms with E-state index in [0.29, 0.717) is 16.9 Å². The number of aryl methyl sites for hydroxylation is 1. The molecule has 3 heterocycles. The highest BCUT2D eigenvalue weighted by atomic mass is 32.1. The second-order valence-corrected chi connectivity index (χ2v) is 7.74. The Morgan fingerprint density at radius 2 is 2.15 bits per heavy atom. The lowest BCUT2D eigenvalue weighted by Gasteiger charge is -2.32. The molecule has 6 nitrogen and oxygen atoms in total. The average Bonchev–Trinajstić information content (AvgIpc) is 3.17. The van der Waals surface area contributed by atoms with Crippen LogP contribution in [-0.4, -0.2) is 41.4 Å². The summed E-state index contributed by atoms with van der Waals surface area (Å²) in [5.74, 6) is -1.65. The fraction of sp³-hybridized carbons (Fsp3) is 0.333. The number of nitrogens with one attached hydrogen (secondary N) is 2. The Morgan fingerprint density at radius 1 is 1.33 bits per heavy atom. The van der Waals surface area contributed by atoms with Crippen LogP contribution in [0.25, 0.3) is 10.9 Å². The number of piperazine rings is 1. The normalized spacial score (nSPS) is 17.5. The molecule has 2 N–H and O–H groups in total. The first-order valence-electron chi connectivity index (χ1n) is 8.62. The highest BCUT2D eigenvalue weighted by Crippen LogP contribution is 2.31. The Balaban J connectivity index is 1.56. The SMILES string of the molecule is CC1CN(c2cc(F)c(C(=O)Nc3cc(F)c4cn(C)nc4c3)s2)CCN1. The van der Waals surface area contributed by atoms with Crippen molar-refractivity contribution in [3.63, 3.8) is 0 Å². The van der Waals surface area contributed by atoms with Gasteiger partial charge in [-0.25, -0.2) is 8.78 Å². The van der Waals surface area contributed by atoms with Crippen LogP contribution in [0.2, 0.25) is 0 Å². The van der Waals surface area contributed by atoms with E-state index in [-0.39, 0.29) is 10.6 Å². The smallest absolute Gasteiger partial charge is 0.268 e. The average molecular weight is 391 g/mol. The Hall–Kier alpha value is -2.52. The van der Waals surface area contributed by atoms with Crippen LogP contribution in [0.15, 0.2) is 24.4 Å². The molecular weight excluding hydrogens is 372 g/mol. The van der Waals surface area contributed by atoms with Gasteiger partial charge in [-0.05, 0) is 19.1 Å². The van der Waals surface area contributed by atoms with Crippen molar-refractivity contribution in [2.75, 3.05) is 29.9 Å². The van der Waals surface area contributed by atoms with Gasteiger partial charge in [0.05, 0.1) is 15.9 Å². The van der Waals surface area contributed by atoms with E-state index in [2.05, 4.69) is 27.6 Å². The predicted octanol–water partition coefficient (Wildman–Crippen LogP) is 2.96. The van der Waals surface area contributed by atoms with Crippen molar-refractivity contribution >= 4 is 38.8 Å². The van der Waals surface area contributed by atoms with E-state index < -0.39 is 17.5 Å². The molecule has 3 aromatic rings. The Kier molecular flexibility index (Phi) is 4.56. The van der Waals surface area contributed by atoms with Crippen LogP contribution in [0.1, 0.15) is 16.6 Å². The summed E-state index contributed by atoms with van der Waals surface area (Å²) in [6.07, 6.45) is 1.57. The molecule has 1 saturated heterocycles. The van der Waals surface area contributed by atoms with E-state index >= 15 is 0 Å².